The van der Waals surface area contributed by atoms with Gasteiger partial charge in [0.1, 0.15) is 5.82 Å². The Labute approximate surface area is 160 Å². The number of carbonyl (C=O) groups excluding carboxylic acids is 2. The fourth-order valence-corrected chi connectivity index (χ4v) is 2.50. The van der Waals surface area contributed by atoms with Gasteiger partial charge in [-0.05, 0) is 11.6 Å². The average Bonchev–Trinajstić information content (AvgIpc) is 3.13. The van der Waals surface area contributed by atoms with Crippen LogP contribution in [0.4, 0.5) is 10.2 Å². The molecule has 0 aliphatic carbocycles. The molecule has 28 heavy (non-hydrogen) atoms. The molecule has 0 bridgehead atoms. The van der Waals surface area contributed by atoms with Gasteiger partial charge in [0.2, 0.25) is 0 Å². The van der Waals surface area contributed by atoms with Crippen molar-refractivity contribution in [3.05, 3.63) is 77.7 Å². The number of halogens is 1. The number of nitrogens with one attached hydrogen (secondary N) is 2. The average molecular weight is 383 g/mol. The molecule has 1 unspecified atom stereocenters. The lowest BCUT2D eigenvalue weighted by Crippen LogP contribution is -2.37. The molecule has 3 N–H and O–H groups in total. The van der Waals surface area contributed by atoms with Crippen molar-refractivity contribution in [2.24, 2.45) is 0 Å². The number of carbonyl (C=O) groups is 2. The van der Waals surface area contributed by atoms with Gasteiger partial charge in [-0.15, -0.1) is 5.10 Å². The molecule has 3 aromatic rings. The van der Waals surface area contributed by atoms with Crippen LogP contribution < -0.4 is 10.6 Å². The zero-order chi connectivity index (χ0) is 19.9. The Hall–Kier alpha value is -3.59. The van der Waals surface area contributed by atoms with Crippen molar-refractivity contribution in [3.8, 4) is 0 Å². The lowest BCUT2D eigenvalue weighted by atomic mass is 10.1. The van der Waals surface area contributed by atoms with E-state index in [1.807, 2.05) is 30.3 Å². The molecule has 1 atom stereocenters. The number of nitrogens with zero attached hydrogens (tertiary/aromatic N) is 3. The van der Waals surface area contributed by atoms with Gasteiger partial charge in [-0.1, -0.05) is 53.7 Å². The quantitative estimate of drug-likeness (QED) is 0.555. The van der Waals surface area contributed by atoms with Crippen molar-refractivity contribution in [1.29, 1.82) is 0 Å². The lowest BCUT2D eigenvalue weighted by molar-refractivity contribution is -0.136. The number of rotatable bonds is 6. The molecular weight excluding hydrogens is 365 g/mol. The second-order valence-electron chi connectivity index (χ2n) is 5.99. The van der Waals surface area contributed by atoms with Crippen LogP contribution in [0.3, 0.4) is 0 Å². The molecule has 1 aromatic heterocycles. The van der Waals surface area contributed by atoms with Crippen LogP contribution in [0, 0.1) is 5.82 Å². The minimum atomic E-state index is -1.27. The van der Waals surface area contributed by atoms with Gasteiger partial charge in [-0.25, -0.2) is 9.07 Å². The van der Waals surface area contributed by atoms with Crippen molar-refractivity contribution in [1.82, 2.24) is 20.3 Å². The van der Waals surface area contributed by atoms with Gasteiger partial charge < -0.3 is 10.4 Å². The lowest BCUT2D eigenvalue weighted by Gasteiger charge is -2.12. The first kappa shape index (κ1) is 19.2. The SMILES string of the molecule is O=C(NCC(O)c1ccccc1F)C(=O)Nc1cn(Cc2ccccc2)nn1. The van der Waals surface area contributed by atoms with E-state index in [2.05, 4.69) is 20.9 Å². The summed E-state index contributed by atoms with van der Waals surface area (Å²) in [6.07, 6.45) is 0.219. The number of hydrogen-bond donors (Lipinski definition) is 3. The van der Waals surface area contributed by atoms with Crippen LogP contribution in [0.1, 0.15) is 17.2 Å². The predicted molar refractivity (Wildman–Crippen MR) is 98.6 cm³/mol. The summed E-state index contributed by atoms with van der Waals surface area (Å²) in [6, 6.07) is 15.2. The molecule has 0 spiro atoms. The summed E-state index contributed by atoms with van der Waals surface area (Å²) >= 11 is 0. The molecule has 0 saturated heterocycles. The molecule has 2 aromatic carbocycles. The normalized spacial score (nSPS) is 11.6. The molecule has 0 fully saturated rings. The summed E-state index contributed by atoms with van der Waals surface area (Å²) in [7, 11) is 0. The van der Waals surface area contributed by atoms with Gasteiger partial charge in [-0.2, -0.15) is 0 Å². The van der Waals surface area contributed by atoms with Crippen LogP contribution in [-0.4, -0.2) is 38.5 Å². The Morgan fingerprint density at radius 2 is 1.79 bits per heavy atom. The number of hydrogen-bond acceptors (Lipinski definition) is 5. The molecule has 2 amide bonds. The van der Waals surface area contributed by atoms with E-state index in [1.54, 1.807) is 6.07 Å². The Balaban J connectivity index is 1.50. The minimum Gasteiger partial charge on any atom is -0.386 e. The summed E-state index contributed by atoms with van der Waals surface area (Å²) in [5, 5.41) is 22.2. The summed E-state index contributed by atoms with van der Waals surface area (Å²) < 4.78 is 15.1. The van der Waals surface area contributed by atoms with Crippen LogP contribution in [-0.2, 0) is 16.1 Å². The zero-order valence-corrected chi connectivity index (χ0v) is 14.7. The van der Waals surface area contributed by atoms with Crippen molar-refractivity contribution in [2.45, 2.75) is 12.6 Å². The molecule has 3 rings (SSSR count). The van der Waals surface area contributed by atoms with E-state index in [1.165, 1.54) is 29.1 Å². The third kappa shape index (κ3) is 4.98. The highest BCUT2D eigenvalue weighted by atomic mass is 19.1. The summed E-state index contributed by atoms with van der Waals surface area (Å²) in [4.78, 5) is 23.8. The number of aromatic nitrogens is 3. The number of aliphatic hydroxyl groups is 1. The Kier molecular flexibility index (Phi) is 6.07. The third-order valence-electron chi connectivity index (χ3n) is 3.89. The first-order chi connectivity index (χ1) is 13.5. The van der Waals surface area contributed by atoms with Crippen molar-refractivity contribution in [2.75, 3.05) is 11.9 Å². The number of benzene rings is 2. The first-order valence-corrected chi connectivity index (χ1v) is 8.48. The van der Waals surface area contributed by atoms with Gasteiger partial charge in [0.05, 0.1) is 18.8 Å². The monoisotopic (exact) mass is 383 g/mol. The highest BCUT2D eigenvalue weighted by Crippen LogP contribution is 2.15. The Bertz CT molecular complexity index is 961. The van der Waals surface area contributed by atoms with E-state index in [-0.39, 0.29) is 17.9 Å². The molecule has 1 heterocycles. The van der Waals surface area contributed by atoms with Crippen LogP contribution in [0.2, 0.25) is 0 Å². The summed E-state index contributed by atoms with van der Waals surface area (Å²) in [5.74, 6) is -2.42. The van der Waals surface area contributed by atoms with Gasteiger partial charge >= 0.3 is 11.8 Å². The van der Waals surface area contributed by atoms with E-state index < -0.39 is 23.7 Å². The van der Waals surface area contributed by atoms with E-state index >= 15 is 0 Å². The molecule has 8 nitrogen and oxygen atoms in total. The van der Waals surface area contributed by atoms with Crippen molar-refractivity contribution >= 4 is 17.6 Å². The fourth-order valence-electron chi connectivity index (χ4n) is 2.50. The van der Waals surface area contributed by atoms with E-state index in [0.717, 1.165) is 5.56 Å². The number of aliphatic hydroxyl groups excluding tert-OH is 1. The summed E-state index contributed by atoms with van der Waals surface area (Å²) in [6.45, 7) is 0.151. The standard InChI is InChI=1S/C19H18FN5O3/c20-15-9-5-4-8-14(15)16(26)10-21-18(27)19(28)22-17-12-25(24-23-17)11-13-6-2-1-3-7-13/h1-9,12,16,26H,10-11H2,(H,21,27)(H,22,28). The maximum Gasteiger partial charge on any atom is 0.314 e. The van der Waals surface area contributed by atoms with Gasteiger partial charge in [-0.3, -0.25) is 14.9 Å². The maximum absolute atomic E-state index is 13.6. The molecule has 0 saturated carbocycles. The third-order valence-corrected chi connectivity index (χ3v) is 3.89. The van der Waals surface area contributed by atoms with E-state index in [9.17, 15) is 19.1 Å². The van der Waals surface area contributed by atoms with Crippen LogP contribution in [0.15, 0.2) is 60.8 Å². The van der Waals surface area contributed by atoms with Gasteiger partial charge in [0.15, 0.2) is 5.82 Å². The first-order valence-electron chi connectivity index (χ1n) is 8.48. The largest absolute Gasteiger partial charge is 0.386 e. The molecule has 0 radical (unpaired) electrons. The van der Waals surface area contributed by atoms with E-state index in [4.69, 9.17) is 0 Å². The molecule has 0 aliphatic heterocycles. The highest BCUT2D eigenvalue weighted by Gasteiger charge is 2.18. The number of anilines is 1. The molecule has 0 aliphatic rings. The Morgan fingerprint density at radius 1 is 1.07 bits per heavy atom. The van der Waals surface area contributed by atoms with Gasteiger partial charge in [0, 0.05) is 12.1 Å². The molecule has 9 heteroatoms. The smallest absolute Gasteiger partial charge is 0.314 e. The van der Waals surface area contributed by atoms with Crippen molar-refractivity contribution < 1.29 is 19.1 Å². The maximum atomic E-state index is 13.6. The predicted octanol–water partition coefficient (Wildman–Crippen LogP) is 1.25. The second-order valence-corrected chi connectivity index (χ2v) is 5.99. The minimum absolute atomic E-state index is 0.0343. The van der Waals surface area contributed by atoms with E-state index in [0.29, 0.717) is 6.54 Å². The van der Waals surface area contributed by atoms with Crippen LogP contribution in [0.5, 0.6) is 0 Å². The molecule has 144 valence electrons. The topological polar surface area (TPSA) is 109 Å². The van der Waals surface area contributed by atoms with Gasteiger partial charge in [0.25, 0.3) is 0 Å². The van der Waals surface area contributed by atoms with Crippen LogP contribution >= 0.6 is 0 Å². The Morgan fingerprint density at radius 3 is 2.54 bits per heavy atom. The summed E-state index contributed by atoms with van der Waals surface area (Å²) in [5.41, 5.74) is 1.04. The second kappa shape index (κ2) is 8.87. The van der Waals surface area contributed by atoms with Crippen molar-refractivity contribution in [3.63, 3.8) is 0 Å². The van der Waals surface area contributed by atoms with Crippen LogP contribution in [0.25, 0.3) is 0 Å². The zero-order valence-electron chi connectivity index (χ0n) is 14.7. The molecular formula is C19H18FN5O3. The number of amides is 2. The highest BCUT2D eigenvalue weighted by molar-refractivity contribution is 6.39. The fraction of sp³-hybridized carbons (Fsp3) is 0.158.